The Labute approximate surface area is 164 Å². The molecule has 1 saturated carbocycles. The van der Waals surface area contributed by atoms with Crippen LogP contribution in [-0.2, 0) is 4.79 Å². The number of pyridine rings is 1. The third-order valence-corrected chi connectivity index (χ3v) is 5.62. The lowest BCUT2D eigenvalue weighted by Gasteiger charge is -2.19. The largest absolute Gasteiger partial charge is 0.497 e. The van der Waals surface area contributed by atoms with Gasteiger partial charge < -0.3 is 10.1 Å². The molecule has 3 rings (SSSR count). The third-order valence-electron chi connectivity index (χ3n) is 4.65. The van der Waals surface area contributed by atoms with Crippen molar-refractivity contribution in [2.45, 2.75) is 37.8 Å². The zero-order valence-corrected chi connectivity index (χ0v) is 16.6. The number of thioether (sulfide) groups is 1. The SMILES string of the molecule is COc1ccc(C(NC(=O)CSc2nc(C)cc(C)c2C#N)C2CC2)cc1. The number of benzene rings is 1. The Morgan fingerprint density at radius 2 is 2.07 bits per heavy atom. The van der Waals surface area contributed by atoms with Gasteiger partial charge in [-0.15, -0.1) is 0 Å². The first kappa shape index (κ1) is 19.2. The van der Waals surface area contributed by atoms with Gasteiger partial charge in [-0.1, -0.05) is 23.9 Å². The van der Waals surface area contributed by atoms with Crippen molar-refractivity contribution in [3.8, 4) is 11.8 Å². The summed E-state index contributed by atoms with van der Waals surface area (Å²) in [6.07, 6.45) is 2.25. The molecule has 27 heavy (non-hydrogen) atoms. The van der Waals surface area contributed by atoms with E-state index in [4.69, 9.17) is 4.74 Å². The Balaban J connectivity index is 1.66. The molecule has 2 aromatic rings. The monoisotopic (exact) mass is 381 g/mol. The Morgan fingerprint density at radius 3 is 2.67 bits per heavy atom. The summed E-state index contributed by atoms with van der Waals surface area (Å²) < 4.78 is 5.21. The average Bonchev–Trinajstić information content (AvgIpc) is 3.49. The fraction of sp³-hybridized carbons (Fsp3) is 0.381. The molecule has 1 fully saturated rings. The van der Waals surface area contributed by atoms with E-state index in [0.29, 0.717) is 16.5 Å². The summed E-state index contributed by atoms with van der Waals surface area (Å²) in [7, 11) is 1.64. The molecule has 1 aromatic carbocycles. The topological polar surface area (TPSA) is 75.0 Å². The predicted molar refractivity (Wildman–Crippen MR) is 106 cm³/mol. The van der Waals surface area contributed by atoms with E-state index < -0.39 is 0 Å². The van der Waals surface area contributed by atoms with Gasteiger partial charge in [-0.25, -0.2) is 4.98 Å². The highest BCUT2D eigenvalue weighted by atomic mass is 32.2. The van der Waals surface area contributed by atoms with Crippen LogP contribution in [0.1, 0.15) is 41.3 Å². The zero-order valence-electron chi connectivity index (χ0n) is 15.8. The number of ether oxygens (including phenoxy) is 1. The van der Waals surface area contributed by atoms with Gasteiger partial charge in [0.25, 0.3) is 0 Å². The zero-order chi connectivity index (χ0) is 19.4. The van der Waals surface area contributed by atoms with Crippen LogP contribution in [0.3, 0.4) is 0 Å². The van der Waals surface area contributed by atoms with Gasteiger partial charge in [-0.3, -0.25) is 4.79 Å². The standard InChI is InChI=1S/C21H23N3O2S/c1-13-10-14(2)23-21(18(13)11-22)27-12-19(25)24-20(15-4-5-15)16-6-8-17(26-3)9-7-16/h6-10,15,20H,4-5,12H2,1-3H3,(H,24,25). The molecule has 6 heteroatoms. The number of aryl methyl sites for hydroxylation is 2. The van der Waals surface area contributed by atoms with Crippen LogP contribution >= 0.6 is 11.8 Å². The first-order valence-electron chi connectivity index (χ1n) is 8.96. The average molecular weight is 382 g/mol. The molecule has 1 N–H and O–H groups in total. The Bertz CT molecular complexity index is 870. The molecule has 140 valence electrons. The van der Waals surface area contributed by atoms with Crippen LogP contribution in [0.2, 0.25) is 0 Å². The molecule has 0 aliphatic heterocycles. The number of methoxy groups -OCH3 is 1. The lowest BCUT2D eigenvalue weighted by atomic mass is 10.0. The maximum Gasteiger partial charge on any atom is 0.230 e. The van der Waals surface area contributed by atoms with Crippen LogP contribution in [0.4, 0.5) is 0 Å². The van der Waals surface area contributed by atoms with Crippen molar-refractivity contribution in [3.63, 3.8) is 0 Å². The van der Waals surface area contributed by atoms with Crippen LogP contribution in [0.15, 0.2) is 35.4 Å². The molecule has 1 heterocycles. The molecule has 1 aliphatic rings. The molecule has 0 bridgehead atoms. The minimum Gasteiger partial charge on any atom is -0.497 e. The quantitative estimate of drug-likeness (QED) is 0.735. The Hall–Kier alpha value is -2.52. The van der Waals surface area contributed by atoms with Gasteiger partial charge in [-0.2, -0.15) is 5.26 Å². The number of carbonyl (C=O) groups is 1. The second-order valence-electron chi connectivity index (χ2n) is 6.82. The van der Waals surface area contributed by atoms with Crippen LogP contribution in [0.5, 0.6) is 5.75 Å². The summed E-state index contributed by atoms with van der Waals surface area (Å²) >= 11 is 1.32. The minimum atomic E-state index is -0.0439. The summed E-state index contributed by atoms with van der Waals surface area (Å²) in [4.78, 5) is 17.0. The molecule has 1 unspecified atom stereocenters. The molecule has 1 aromatic heterocycles. The summed E-state index contributed by atoms with van der Waals surface area (Å²) in [6, 6.07) is 12.0. The molecule has 0 spiro atoms. The number of amides is 1. The number of carbonyl (C=O) groups excluding carboxylic acids is 1. The van der Waals surface area contributed by atoms with Crippen molar-refractivity contribution in [2.75, 3.05) is 12.9 Å². The van der Waals surface area contributed by atoms with Gasteiger partial charge in [0.1, 0.15) is 16.8 Å². The molecule has 0 saturated heterocycles. The fourth-order valence-corrected chi connectivity index (χ4v) is 4.02. The Kier molecular flexibility index (Phi) is 6.02. The van der Waals surface area contributed by atoms with Crippen molar-refractivity contribution in [1.29, 1.82) is 5.26 Å². The van der Waals surface area contributed by atoms with Crippen LogP contribution < -0.4 is 10.1 Å². The summed E-state index contributed by atoms with van der Waals surface area (Å²) in [6.45, 7) is 3.79. The minimum absolute atomic E-state index is 0.0200. The van der Waals surface area contributed by atoms with Crippen LogP contribution in [0, 0.1) is 31.1 Å². The predicted octanol–water partition coefficient (Wildman–Crippen LogP) is 3.94. The number of rotatable bonds is 7. The van der Waals surface area contributed by atoms with E-state index >= 15 is 0 Å². The van der Waals surface area contributed by atoms with Gasteiger partial charge in [0.2, 0.25) is 5.91 Å². The van der Waals surface area contributed by atoms with E-state index in [1.165, 1.54) is 11.8 Å². The van der Waals surface area contributed by atoms with Crippen LogP contribution in [0.25, 0.3) is 0 Å². The number of hydrogen-bond donors (Lipinski definition) is 1. The van der Waals surface area contributed by atoms with E-state index in [1.807, 2.05) is 44.2 Å². The van der Waals surface area contributed by atoms with Crippen molar-refractivity contribution < 1.29 is 9.53 Å². The maximum atomic E-state index is 12.6. The van der Waals surface area contributed by atoms with E-state index in [0.717, 1.165) is 35.4 Å². The summed E-state index contributed by atoms with van der Waals surface area (Å²) in [5.41, 5.74) is 3.39. The van der Waals surface area contributed by atoms with Gasteiger partial charge >= 0.3 is 0 Å². The van der Waals surface area contributed by atoms with Gasteiger partial charge in [0.05, 0.1) is 24.5 Å². The number of aromatic nitrogens is 1. The number of nitrogens with zero attached hydrogens (tertiary/aromatic N) is 2. The highest BCUT2D eigenvalue weighted by Crippen LogP contribution is 2.41. The molecule has 1 amide bonds. The highest BCUT2D eigenvalue weighted by molar-refractivity contribution is 8.00. The first-order chi connectivity index (χ1) is 13.0. The van der Waals surface area contributed by atoms with Gasteiger partial charge in [0, 0.05) is 5.69 Å². The first-order valence-corrected chi connectivity index (χ1v) is 9.95. The lowest BCUT2D eigenvalue weighted by Crippen LogP contribution is -2.31. The molecular formula is C21H23N3O2S. The molecular weight excluding hydrogens is 358 g/mol. The normalized spacial score (nSPS) is 14.3. The third kappa shape index (κ3) is 4.81. The number of nitriles is 1. The van der Waals surface area contributed by atoms with Crippen LogP contribution in [-0.4, -0.2) is 23.8 Å². The van der Waals surface area contributed by atoms with Crippen molar-refractivity contribution in [1.82, 2.24) is 10.3 Å². The molecule has 1 atom stereocenters. The molecule has 0 radical (unpaired) electrons. The van der Waals surface area contributed by atoms with Crippen molar-refractivity contribution >= 4 is 17.7 Å². The lowest BCUT2D eigenvalue weighted by molar-refractivity contribution is -0.119. The number of hydrogen-bond acceptors (Lipinski definition) is 5. The maximum absolute atomic E-state index is 12.6. The van der Waals surface area contributed by atoms with Crippen molar-refractivity contribution in [3.05, 3.63) is 52.7 Å². The second kappa shape index (κ2) is 8.45. The Morgan fingerprint density at radius 1 is 1.37 bits per heavy atom. The van der Waals surface area contributed by atoms with E-state index in [1.54, 1.807) is 7.11 Å². The highest BCUT2D eigenvalue weighted by Gasteiger charge is 2.33. The fourth-order valence-electron chi connectivity index (χ4n) is 3.11. The molecule has 1 aliphatic carbocycles. The summed E-state index contributed by atoms with van der Waals surface area (Å²) in [5, 5.41) is 13.1. The molecule has 5 nitrogen and oxygen atoms in total. The van der Waals surface area contributed by atoms with Gasteiger partial charge in [-0.05, 0) is 61.9 Å². The van der Waals surface area contributed by atoms with E-state index in [-0.39, 0.29) is 17.7 Å². The smallest absolute Gasteiger partial charge is 0.230 e. The summed E-state index contributed by atoms with van der Waals surface area (Å²) in [5.74, 6) is 1.49. The van der Waals surface area contributed by atoms with E-state index in [9.17, 15) is 10.1 Å². The van der Waals surface area contributed by atoms with E-state index in [2.05, 4.69) is 16.4 Å². The number of nitrogens with one attached hydrogen (secondary N) is 1. The van der Waals surface area contributed by atoms with Crippen molar-refractivity contribution in [2.24, 2.45) is 5.92 Å². The van der Waals surface area contributed by atoms with Gasteiger partial charge in [0.15, 0.2) is 0 Å². The second-order valence-corrected chi connectivity index (χ2v) is 7.78.